The average molecular weight is 370 g/mol. The summed E-state index contributed by atoms with van der Waals surface area (Å²) in [5.74, 6) is 0. The Hall–Kier alpha value is -0.950. The van der Waals surface area contributed by atoms with Crippen LogP contribution in [0, 0.1) is 0 Å². The lowest BCUT2D eigenvalue weighted by Gasteiger charge is -2.40. The molecule has 0 saturated carbocycles. The number of rotatable bonds is 11. The number of hydrogen-bond donors (Lipinski definition) is 1. The second-order valence-corrected chi connectivity index (χ2v) is 6.76. The molecule has 1 fully saturated rings. The minimum absolute atomic E-state index is 0.00810. The number of morpholine rings is 1. The monoisotopic (exact) mass is 369 g/mol. The van der Waals surface area contributed by atoms with E-state index < -0.39 is 0 Å². The van der Waals surface area contributed by atoms with E-state index in [2.05, 4.69) is 49.4 Å². The van der Waals surface area contributed by atoms with Gasteiger partial charge in [-0.05, 0) is 33.4 Å². The van der Waals surface area contributed by atoms with Crippen LogP contribution in [0.2, 0.25) is 0 Å². The fraction of sp³-hybridized carbons (Fsp3) is 0.737. The number of nitrogens with zero attached hydrogens (tertiary/aromatic N) is 2. The number of hydrogen-bond acceptors (Lipinski definition) is 5. The Balaban J connectivity index is 3.01. The lowest BCUT2D eigenvalue weighted by atomic mass is 10.0. The molecular weight excluding hydrogens is 334 g/mol. The first kappa shape index (κ1) is 22.1. The van der Waals surface area contributed by atoms with E-state index in [4.69, 9.17) is 21.7 Å². The second kappa shape index (κ2) is 11.6. The van der Waals surface area contributed by atoms with Crippen molar-refractivity contribution in [2.45, 2.75) is 52.3 Å². The lowest BCUT2D eigenvalue weighted by molar-refractivity contribution is 0.0190. The number of thiocarbonyl (C=S) groups is 1. The molecule has 1 rings (SSSR count). The maximum Gasteiger partial charge on any atom is 0.0947 e. The first-order valence-corrected chi connectivity index (χ1v) is 9.60. The van der Waals surface area contributed by atoms with Crippen molar-refractivity contribution in [3.8, 4) is 0 Å². The predicted molar refractivity (Wildman–Crippen MR) is 109 cm³/mol. The summed E-state index contributed by atoms with van der Waals surface area (Å²) in [6.07, 6.45) is 2.94. The molecule has 0 aliphatic carbocycles. The van der Waals surface area contributed by atoms with Crippen molar-refractivity contribution in [2.75, 3.05) is 40.0 Å². The van der Waals surface area contributed by atoms with Crippen molar-refractivity contribution in [3.05, 3.63) is 24.0 Å². The van der Waals surface area contributed by atoms with Crippen LogP contribution in [-0.2, 0) is 9.47 Å². The van der Waals surface area contributed by atoms with E-state index in [-0.39, 0.29) is 12.1 Å². The first-order valence-electron chi connectivity index (χ1n) is 9.13. The minimum Gasteiger partial charge on any atom is -0.379 e. The lowest BCUT2D eigenvalue weighted by Crippen LogP contribution is -2.48. The third-order valence-electron chi connectivity index (χ3n) is 5.05. The van der Waals surface area contributed by atoms with Gasteiger partial charge in [0.05, 0.1) is 37.4 Å². The number of nitrogens with one attached hydrogen (secondary N) is 1. The Kier molecular flexibility index (Phi) is 10.3. The summed E-state index contributed by atoms with van der Waals surface area (Å²) in [6, 6.07) is 0.444. The van der Waals surface area contributed by atoms with E-state index in [1.54, 1.807) is 12.6 Å². The normalized spacial score (nSPS) is 20.2. The fourth-order valence-corrected chi connectivity index (χ4v) is 3.49. The maximum atomic E-state index is 5.71. The molecule has 1 heterocycles. The molecule has 0 radical (unpaired) electrons. The van der Waals surface area contributed by atoms with E-state index in [1.807, 2.05) is 6.20 Å². The van der Waals surface area contributed by atoms with E-state index >= 15 is 0 Å². The van der Waals surface area contributed by atoms with Crippen LogP contribution in [0.1, 0.15) is 34.1 Å². The molecule has 0 bridgehead atoms. The van der Waals surface area contributed by atoms with Gasteiger partial charge in [-0.25, -0.2) is 0 Å². The molecule has 1 saturated heterocycles. The fourth-order valence-electron chi connectivity index (χ4n) is 3.28. The molecule has 1 N–H and O–H groups in total. The maximum absolute atomic E-state index is 5.71. The summed E-state index contributed by atoms with van der Waals surface area (Å²) in [5.41, 5.74) is 4.25. The zero-order valence-corrected chi connectivity index (χ0v) is 17.3. The second-order valence-electron chi connectivity index (χ2n) is 6.53. The van der Waals surface area contributed by atoms with Gasteiger partial charge in [-0.15, -0.1) is 0 Å². The first-order chi connectivity index (χ1) is 12.0. The summed E-state index contributed by atoms with van der Waals surface area (Å²) in [4.78, 5) is 4.73. The van der Waals surface area contributed by atoms with E-state index in [1.165, 1.54) is 11.3 Å². The zero-order chi connectivity index (χ0) is 18.8. The summed E-state index contributed by atoms with van der Waals surface area (Å²) in [6.45, 7) is 17.1. The summed E-state index contributed by atoms with van der Waals surface area (Å²) < 4.78 is 11.2. The van der Waals surface area contributed by atoms with E-state index in [9.17, 15) is 0 Å². The highest BCUT2D eigenvalue weighted by atomic mass is 32.1. The Morgan fingerprint density at radius 1 is 1.40 bits per heavy atom. The third kappa shape index (κ3) is 6.37. The van der Waals surface area contributed by atoms with Crippen LogP contribution in [-0.4, -0.2) is 73.4 Å². The van der Waals surface area contributed by atoms with Crippen LogP contribution >= 0.6 is 12.2 Å². The molecule has 0 amide bonds. The van der Waals surface area contributed by atoms with Crippen molar-refractivity contribution >= 4 is 17.7 Å². The number of methoxy groups -OCH3 is 1. The molecule has 0 aromatic carbocycles. The van der Waals surface area contributed by atoms with Gasteiger partial charge >= 0.3 is 0 Å². The average Bonchev–Trinajstić information content (AvgIpc) is 2.64. The van der Waals surface area contributed by atoms with Crippen LogP contribution in [0.25, 0.3) is 0 Å². The highest BCUT2D eigenvalue weighted by Crippen LogP contribution is 2.23. The molecule has 1 aliphatic rings. The topological polar surface area (TPSA) is 37.0 Å². The van der Waals surface area contributed by atoms with E-state index in [0.717, 1.165) is 39.3 Å². The van der Waals surface area contributed by atoms with Gasteiger partial charge in [-0.1, -0.05) is 31.3 Å². The minimum atomic E-state index is 0.00810. The third-order valence-corrected chi connectivity index (χ3v) is 5.19. The van der Waals surface area contributed by atoms with Gasteiger partial charge in [-0.2, -0.15) is 0 Å². The SMILES string of the molecule is C=CN(C[C@@H](OC)C(C)NC=S)/C(=C(/C)CC)C(C)N1CCOCC1. The van der Waals surface area contributed by atoms with Gasteiger partial charge in [0.15, 0.2) is 0 Å². The van der Waals surface area contributed by atoms with Crippen LogP contribution in [0.15, 0.2) is 24.0 Å². The zero-order valence-electron chi connectivity index (χ0n) is 16.5. The van der Waals surface area contributed by atoms with Crippen LogP contribution < -0.4 is 5.32 Å². The van der Waals surface area contributed by atoms with Crippen LogP contribution in [0.4, 0.5) is 0 Å². The Bertz CT molecular complexity index is 450. The molecule has 0 aromatic heterocycles. The van der Waals surface area contributed by atoms with Crippen LogP contribution in [0.5, 0.6) is 0 Å². The van der Waals surface area contributed by atoms with Gasteiger partial charge in [0, 0.05) is 31.9 Å². The highest BCUT2D eigenvalue weighted by Gasteiger charge is 2.27. The summed E-state index contributed by atoms with van der Waals surface area (Å²) >= 11 is 4.92. The Morgan fingerprint density at radius 2 is 2.04 bits per heavy atom. The molecule has 0 spiro atoms. The molecule has 5 nitrogen and oxygen atoms in total. The summed E-state index contributed by atoms with van der Waals surface area (Å²) in [7, 11) is 1.74. The molecular formula is C19H35N3O2S. The summed E-state index contributed by atoms with van der Waals surface area (Å²) in [5, 5.41) is 3.16. The Morgan fingerprint density at radius 3 is 2.52 bits per heavy atom. The van der Waals surface area contributed by atoms with Gasteiger partial charge in [0.25, 0.3) is 0 Å². The van der Waals surface area contributed by atoms with E-state index in [0.29, 0.717) is 6.04 Å². The molecule has 25 heavy (non-hydrogen) atoms. The largest absolute Gasteiger partial charge is 0.379 e. The van der Waals surface area contributed by atoms with Crippen molar-refractivity contribution in [1.29, 1.82) is 0 Å². The molecule has 144 valence electrons. The van der Waals surface area contributed by atoms with Gasteiger partial charge in [-0.3, -0.25) is 4.90 Å². The van der Waals surface area contributed by atoms with Crippen molar-refractivity contribution in [1.82, 2.24) is 15.1 Å². The quantitative estimate of drug-likeness (QED) is 0.565. The number of allylic oxidation sites excluding steroid dienone is 1. The van der Waals surface area contributed by atoms with Gasteiger partial charge < -0.3 is 19.7 Å². The van der Waals surface area contributed by atoms with Crippen molar-refractivity contribution < 1.29 is 9.47 Å². The van der Waals surface area contributed by atoms with Crippen LogP contribution in [0.3, 0.4) is 0 Å². The molecule has 0 aromatic rings. The molecule has 1 aliphatic heterocycles. The molecule has 3 atom stereocenters. The Labute approximate surface area is 159 Å². The molecule has 2 unspecified atom stereocenters. The molecule has 6 heteroatoms. The smallest absolute Gasteiger partial charge is 0.0947 e. The predicted octanol–water partition coefficient (Wildman–Crippen LogP) is 2.79. The van der Waals surface area contributed by atoms with Gasteiger partial charge in [0.2, 0.25) is 0 Å². The number of ether oxygens (including phenoxy) is 2. The highest BCUT2D eigenvalue weighted by molar-refractivity contribution is 7.78. The van der Waals surface area contributed by atoms with Crippen molar-refractivity contribution in [3.63, 3.8) is 0 Å². The standard InChI is InChI=1S/C19H35N3O2S/c1-7-15(3)19(17(5)22-9-11-24-12-10-22)21(8-2)13-18(23-6)16(4)20-14-25/h8,14,16-18H,2,7,9-13H2,1,3-6H3,(H,20,25)/b19-15-/t16?,17?,18-/m1/s1. The van der Waals surface area contributed by atoms with Gasteiger partial charge in [0.1, 0.15) is 0 Å². The van der Waals surface area contributed by atoms with Crippen molar-refractivity contribution in [2.24, 2.45) is 0 Å².